The van der Waals surface area contributed by atoms with Crippen LogP contribution in [0.5, 0.6) is 0 Å². The van der Waals surface area contributed by atoms with Gasteiger partial charge in [0, 0.05) is 28.7 Å². The minimum Gasteiger partial charge on any atom is -0.358 e. The SMILES string of the molecule is Cc1c(CCc2ccc(C#N)cc2)[nH]c2ccc([N+](=O)[O-])cc12. The molecule has 1 heterocycles. The first-order valence-electron chi connectivity index (χ1n) is 7.33. The van der Waals surface area contributed by atoms with Crippen LogP contribution >= 0.6 is 0 Å². The number of rotatable bonds is 4. The minimum atomic E-state index is -0.373. The Bertz CT molecular complexity index is 918. The van der Waals surface area contributed by atoms with Gasteiger partial charge in [0.25, 0.3) is 5.69 Å². The summed E-state index contributed by atoms with van der Waals surface area (Å²) >= 11 is 0. The predicted octanol–water partition coefficient (Wildman–Crippen LogP) is 4.04. The van der Waals surface area contributed by atoms with Crippen LogP contribution in [0.15, 0.2) is 42.5 Å². The number of nitro groups is 1. The Labute approximate surface area is 133 Å². The van der Waals surface area contributed by atoms with Crippen LogP contribution in [0.25, 0.3) is 10.9 Å². The van der Waals surface area contributed by atoms with Crippen LogP contribution in [-0.2, 0) is 12.8 Å². The van der Waals surface area contributed by atoms with Crippen LogP contribution in [0, 0.1) is 28.4 Å². The van der Waals surface area contributed by atoms with Crippen molar-refractivity contribution in [2.24, 2.45) is 0 Å². The van der Waals surface area contributed by atoms with Gasteiger partial charge in [0.1, 0.15) is 0 Å². The van der Waals surface area contributed by atoms with E-state index < -0.39 is 0 Å². The van der Waals surface area contributed by atoms with Crippen molar-refractivity contribution in [1.82, 2.24) is 4.98 Å². The molecular weight excluding hydrogens is 290 g/mol. The Balaban J connectivity index is 1.83. The molecule has 23 heavy (non-hydrogen) atoms. The molecule has 0 saturated carbocycles. The Kier molecular flexibility index (Phi) is 3.82. The van der Waals surface area contributed by atoms with E-state index in [2.05, 4.69) is 11.1 Å². The van der Waals surface area contributed by atoms with E-state index in [0.29, 0.717) is 5.56 Å². The van der Waals surface area contributed by atoms with Crippen LogP contribution in [0.2, 0.25) is 0 Å². The number of aryl methyl sites for hydroxylation is 3. The lowest BCUT2D eigenvalue weighted by molar-refractivity contribution is -0.384. The standard InChI is InChI=1S/C18H15N3O2/c1-12-16-10-15(21(22)23)7-9-18(16)20-17(12)8-6-13-2-4-14(11-19)5-3-13/h2-5,7,9-10,20H,6,8H2,1H3. The van der Waals surface area contributed by atoms with E-state index in [1.807, 2.05) is 31.2 Å². The summed E-state index contributed by atoms with van der Waals surface area (Å²) in [6.45, 7) is 1.98. The molecule has 0 saturated heterocycles. The number of nitrogens with one attached hydrogen (secondary N) is 1. The Morgan fingerprint density at radius 3 is 2.57 bits per heavy atom. The molecular formula is C18H15N3O2. The summed E-state index contributed by atoms with van der Waals surface area (Å²) in [6, 6.07) is 14.5. The first-order chi connectivity index (χ1) is 11.1. The van der Waals surface area contributed by atoms with Crippen LogP contribution in [-0.4, -0.2) is 9.91 Å². The average molecular weight is 305 g/mol. The summed E-state index contributed by atoms with van der Waals surface area (Å²) in [5, 5.41) is 20.6. The fourth-order valence-electron chi connectivity index (χ4n) is 2.75. The van der Waals surface area contributed by atoms with Gasteiger partial charge in [-0.1, -0.05) is 12.1 Å². The summed E-state index contributed by atoms with van der Waals surface area (Å²) in [6.07, 6.45) is 1.67. The number of aromatic amines is 1. The second-order valence-electron chi connectivity index (χ2n) is 5.52. The number of hydrogen-bond acceptors (Lipinski definition) is 3. The second kappa shape index (κ2) is 5.93. The third-order valence-electron chi connectivity index (χ3n) is 4.10. The molecule has 0 aliphatic rings. The van der Waals surface area contributed by atoms with Crippen molar-refractivity contribution in [2.45, 2.75) is 19.8 Å². The Morgan fingerprint density at radius 2 is 1.91 bits per heavy atom. The first kappa shape index (κ1) is 14.8. The normalized spacial score (nSPS) is 10.6. The Morgan fingerprint density at radius 1 is 1.17 bits per heavy atom. The molecule has 3 aromatic rings. The number of nitrogens with zero attached hydrogens (tertiary/aromatic N) is 2. The van der Waals surface area contributed by atoms with Gasteiger partial charge in [0.15, 0.2) is 0 Å². The Hall–Kier alpha value is -3.13. The second-order valence-corrected chi connectivity index (χ2v) is 5.52. The highest BCUT2D eigenvalue weighted by Crippen LogP contribution is 2.26. The van der Waals surface area contributed by atoms with Crippen molar-refractivity contribution < 1.29 is 4.92 Å². The number of aromatic nitrogens is 1. The molecule has 1 N–H and O–H groups in total. The fourth-order valence-corrected chi connectivity index (χ4v) is 2.75. The highest BCUT2D eigenvalue weighted by molar-refractivity contribution is 5.86. The molecule has 0 aliphatic heterocycles. The summed E-state index contributed by atoms with van der Waals surface area (Å²) in [5.41, 5.74) is 4.99. The molecule has 0 amide bonds. The molecule has 0 fully saturated rings. The summed E-state index contributed by atoms with van der Waals surface area (Å²) < 4.78 is 0. The van der Waals surface area contributed by atoms with E-state index in [1.54, 1.807) is 12.1 Å². The number of hydrogen-bond donors (Lipinski definition) is 1. The number of benzene rings is 2. The molecule has 5 heteroatoms. The predicted molar refractivity (Wildman–Crippen MR) is 88.3 cm³/mol. The van der Waals surface area contributed by atoms with E-state index in [4.69, 9.17) is 5.26 Å². The first-order valence-corrected chi connectivity index (χ1v) is 7.33. The van der Waals surface area contributed by atoms with Gasteiger partial charge >= 0.3 is 0 Å². The van der Waals surface area contributed by atoms with E-state index in [0.717, 1.165) is 40.6 Å². The molecule has 0 bridgehead atoms. The quantitative estimate of drug-likeness (QED) is 0.583. The zero-order chi connectivity index (χ0) is 16.4. The number of nitro benzene ring substituents is 1. The lowest BCUT2D eigenvalue weighted by Gasteiger charge is -2.02. The van der Waals surface area contributed by atoms with Crippen LogP contribution in [0.4, 0.5) is 5.69 Å². The smallest absolute Gasteiger partial charge is 0.270 e. The number of nitriles is 1. The van der Waals surface area contributed by atoms with Gasteiger partial charge in [-0.25, -0.2) is 0 Å². The highest BCUT2D eigenvalue weighted by Gasteiger charge is 2.12. The zero-order valence-electron chi connectivity index (χ0n) is 12.7. The van der Waals surface area contributed by atoms with Gasteiger partial charge in [-0.05, 0) is 49.1 Å². The lowest BCUT2D eigenvalue weighted by Crippen LogP contribution is -1.93. The molecule has 0 unspecified atom stereocenters. The zero-order valence-corrected chi connectivity index (χ0v) is 12.7. The van der Waals surface area contributed by atoms with Crippen molar-refractivity contribution in [2.75, 3.05) is 0 Å². The van der Waals surface area contributed by atoms with E-state index in [9.17, 15) is 10.1 Å². The molecule has 0 aliphatic carbocycles. The lowest BCUT2D eigenvalue weighted by atomic mass is 10.0. The van der Waals surface area contributed by atoms with E-state index in [1.165, 1.54) is 6.07 Å². The van der Waals surface area contributed by atoms with E-state index in [-0.39, 0.29) is 10.6 Å². The number of non-ortho nitro benzene ring substituents is 1. The molecule has 3 rings (SSSR count). The molecule has 0 atom stereocenters. The summed E-state index contributed by atoms with van der Waals surface area (Å²) in [7, 11) is 0. The van der Waals surface area contributed by atoms with Crippen LogP contribution in [0.1, 0.15) is 22.4 Å². The molecule has 5 nitrogen and oxygen atoms in total. The van der Waals surface area contributed by atoms with Gasteiger partial charge in [0.2, 0.25) is 0 Å². The van der Waals surface area contributed by atoms with Crippen molar-refractivity contribution in [3.05, 3.63) is 75.0 Å². The average Bonchev–Trinajstić information content (AvgIpc) is 2.89. The molecule has 0 spiro atoms. The monoisotopic (exact) mass is 305 g/mol. The topological polar surface area (TPSA) is 82.7 Å². The number of fused-ring (bicyclic) bond motifs is 1. The summed E-state index contributed by atoms with van der Waals surface area (Å²) in [4.78, 5) is 13.9. The maximum absolute atomic E-state index is 10.9. The van der Waals surface area contributed by atoms with Crippen LogP contribution < -0.4 is 0 Å². The van der Waals surface area contributed by atoms with Crippen molar-refractivity contribution >= 4 is 16.6 Å². The fraction of sp³-hybridized carbons (Fsp3) is 0.167. The van der Waals surface area contributed by atoms with Crippen molar-refractivity contribution in [1.29, 1.82) is 5.26 Å². The molecule has 0 radical (unpaired) electrons. The third kappa shape index (κ3) is 2.92. The van der Waals surface area contributed by atoms with Crippen molar-refractivity contribution in [3.8, 4) is 6.07 Å². The van der Waals surface area contributed by atoms with Gasteiger partial charge in [0.05, 0.1) is 16.6 Å². The minimum absolute atomic E-state index is 0.109. The van der Waals surface area contributed by atoms with Crippen LogP contribution in [0.3, 0.4) is 0 Å². The highest BCUT2D eigenvalue weighted by atomic mass is 16.6. The maximum atomic E-state index is 10.9. The third-order valence-corrected chi connectivity index (χ3v) is 4.10. The van der Waals surface area contributed by atoms with Gasteiger partial charge in [-0.2, -0.15) is 5.26 Å². The largest absolute Gasteiger partial charge is 0.358 e. The molecule has 1 aromatic heterocycles. The van der Waals surface area contributed by atoms with Gasteiger partial charge in [-0.3, -0.25) is 10.1 Å². The van der Waals surface area contributed by atoms with E-state index >= 15 is 0 Å². The maximum Gasteiger partial charge on any atom is 0.270 e. The van der Waals surface area contributed by atoms with Crippen molar-refractivity contribution in [3.63, 3.8) is 0 Å². The molecule has 2 aromatic carbocycles. The number of H-pyrrole nitrogens is 1. The van der Waals surface area contributed by atoms with Gasteiger partial charge in [-0.15, -0.1) is 0 Å². The van der Waals surface area contributed by atoms with Gasteiger partial charge < -0.3 is 4.98 Å². The summed E-state index contributed by atoms with van der Waals surface area (Å²) in [5.74, 6) is 0. The molecule has 114 valence electrons.